The molecular weight excluding hydrogens is 252 g/mol. The van der Waals surface area contributed by atoms with Crippen molar-refractivity contribution < 1.29 is 9.53 Å². The minimum absolute atomic E-state index is 0.00989. The molecule has 3 fully saturated rings. The van der Waals surface area contributed by atoms with E-state index in [-0.39, 0.29) is 12.2 Å². The van der Waals surface area contributed by atoms with E-state index in [0.717, 1.165) is 32.1 Å². The number of hydrogen-bond donors (Lipinski definition) is 1. The van der Waals surface area contributed by atoms with E-state index < -0.39 is 0 Å². The third-order valence-electron chi connectivity index (χ3n) is 5.43. The lowest BCUT2D eigenvalue weighted by Gasteiger charge is -2.33. The molecule has 0 aliphatic carbocycles. The summed E-state index contributed by atoms with van der Waals surface area (Å²) in [6, 6.07) is 0.329. The molecule has 0 radical (unpaired) electrons. The van der Waals surface area contributed by atoms with Crippen molar-refractivity contribution in [1.29, 1.82) is 0 Å². The summed E-state index contributed by atoms with van der Waals surface area (Å²) >= 11 is 0. The van der Waals surface area contributed by atoms with Gasteiger partial charge in [-0.05, 0) is 31.6 Å². The van der Waals surface area contributed by atoms with E-state index in [0.29, 0.717) is 30.1 Å². The Morgan fingerprint density at radius 1 is 1.40 bits per heavy atom. The monoisotopic (exact) mass is 280 g/mol. The molecule has 3 rings (SSSR count). The number of ether oxygens (including phenoxy) is 1. The second kappa shape index (κ2) is 5.64. The zero-order chi connectivity index (χ0) is 14.3. The van der Waals surface area contributed by atoms with E-state index in [4.69, 9.17) is 4.74 Å². The highest BCUT2D eigenvalue weighted by Crippen LogP contribution is 2.39. The highest BCUT2D eigenvalue weighted by molar-refractivity contribution is 5.85. The number of rotatable bonds is 5. The quantitative estimate of drug-likeness (QED) is 0.840. The molecule has 0 saturated carbocycles. The number of carbonyl (C=O) groups is 1. The van der Waals surface area contributed by atoms with Gasteiger partial charge < -0.3 is 9.64 Å². The summed E-state index contributed by atoms with van der Waals surface area (Å²) in [6.07, 6.45) is 7.48. The molecule has 3 aliphatic rings. The van der Waals surface area contributed by atoms with Crippen LogP contribution < -0.4 is 5.32 Å². The van der Waals surface area contributed by atoms with Gasteiger partial charge in [-0.15, -0.1) is 0 Å². The maximum atomic E-state index is 12.9. The lowest BCUT2D eigenvalue weighted by Crippen LogP contribution is -2.49. The molecule has 114 valence electrons. The lowest BCUT2D eigenvalue weighted by molar-refractivity contribution is -0.134. The van der Waals surface area contributed by atoms with Crippen molar-refractivity contribution in [2.24, 2.45) is 5.92 Å². The van der Waals surface area contributed by atoms with Crippen LogP contribution in [-0.4, -0.2) is 41.3 Å². The van der Waals surface area contributed by atoms with E-state index in [1.165, 1.54) is 6.42 Å². The van der Waals surface area contributed by atoms with Crippen LogP contribution in [0.5, 0.6) is 0 Å². The molecule has 1 N–H and O–H groups in total. The smallest absolute Gasteiger partial charge is 0.241 e. The zero-order valence-electron chi connectivity index (χ0n) is 13.0. The molecule has 0 aromatic heterocycles. The fourth-order valence-corrected chi connectivity index (χ4v) is 4.11. The normalized spacial score (nSPS) is 41.6. The minimum Gasteiger partial charge on any atom is -0.373 e. The molecule has 1 amide bonds. The molecule has 3 aliphatic heterocycles. The van der Waals surface area contributed by atoms with Crippen molar-refractivity contribution in [3.05, 3.63) is 0 Å². The molecule has 0 spiro atoms. The van der Waals surface area contributed by atoms with Crippen LogP contribution in [0.4, 0.5) is 0 Å². The van der Waals surface area contributed by atoms with E-state index in [2.05, 4.69) is 31.0 Å². The number of carbonyl (C=O) groups excluding carboxylic acids is 1. The average Bonchev–Trinajstić information content (AvgIpc) is 3.12. The van der Waals surface area contributed by atoms with Crippen LogP contribution in [0.2, 0.25) is 0 Å². The first-order valence-electron chi connectivity index (χ1n) is 8.39. The van der Waals surface area contributed by atoms with Gasteiger partial charge in [0, 0.05) is 0 Å². The second-order valence-corrected chi connectivity index (χ2v) is 6.76. The van der Waals surface area contributed by atoms with E-state index in [1.54, 1.807) is 0 Å². The first-order chi connectivity index (χ1) is 9.65. The topological polar surface area (TPSA) is 41.6 Å². The van der Waals surface area contributed by atoms with E-state index in [9.17, 15) is 4.79 Å². The van der Waals surface area contributed by atoms with Crippen molar-refractivity contribution >= 4 is 5.91 Å². The molecule has 0 aromatic rings. The van der Waals surface area contributed by atoms with Gasteiger partial charge in [-0.3, -0.25) is 10.1 Å². The molecule has 4 nitrogen and oxygen atoms in total. The van der Waals surface area contributed by atoms with Gasteiger partial charge in [0.25, 0.3) is 0 Å². The zero-order valence-corrected chi connectivity index (χ0v) is 13.0. The van der Waals surface area contributed by atoms with Crippen LogP contribution in [0, 0.1) is 5.92 Å². The first kappa shape index (κ1) is 14.3. The van der Waals surface area contributed by atoms with Crippen molar-refractivity contribution in [3.63, 3.8) is 0 Å². The number of hydrogen-bond acceptors (Lipinski definition) is 3. The van der Waals surface area contributed by atoms with Gasteiger partial charge in [-0.25, -0.2) is 0 Å². The minimum atomic E-state index is 0.00989. The van der Waals surface area contributed by atoms with Crippen molar-refractivity contribution in [2.45, 2.75) is 89.8 Å². The number of amides is 1. The van der Waals surface area contributed by atoms with Crippen molar-refractivity contribution in [1.82, 2.24) is 10.2 Å². The molecular formula is C16H28N2O2. The average molecular weight is 280 g/mol. The fraction of sp³-hybridized carbons (Fsp3) is 0.938. The Kier molecular flexibility index (Phi) is 4.04. The summed E-state index contributed by atoms with van der Waals surface area (Å²) in [5.74, 6) is 0.727. The molecule has 3 saturated heterocycles. The summed E-state index contributed by atoms with van der Waals surface area (Å²) in [7, 11) is 0. The second-order valence-electron chi connectivity index (χ2n) is 6.76. The predicted octanol–water partition coefficient (Wildman–Crippen LogP) is 2.28. The van der Waals surface area contributed by atoms with Gasteiger partial charge in [0.2, 0.25) is 5.91 Å². The van der Waals surface area contributed by atoms with Gasteiger partial charge in [0.05, 0.1) is 30.5 Å². The standard InChI is InChI=1S/C16H28N2O2/c1-4-6-14-17-15(10(3)5-2)16(19)18(14)12-9-11-7-8-13(12)20-11/h10-15,17H,4-9H2,1-3H3. The van der Waals surface area contributed by atoms with Crippen molar-refractivity contribution in [2.75, 3.05) is 0 Å². The van der Waals surface area contributed by atoms with Gasteiger partial charge >= 0.3 is 0 Å². The van der Waals surface area contributed by atoms with Gasteiger partial charge in [0.15, 0.2) is 0 Å². The SMILES string of the molecule is CCCC1NC(C(C)CC)C(=O)N1C1CC2CCC1O2. The number of fused-ring (bicyclic) bond motifs is 2. The van der Waals surface area contributed by atoms with E-state index in [1.807, 2.05) is 0 Å². The Bertz CT molecular complexity index is 373. The Hall–Kier alpha value is -0.610. The van der Waals surface area contributed by atoms with Crippen LogP contribution in [0.1, 0.15) is 59.3 Å². The third kappa shape index (κ3) is 2.27. The van der Waals surface area contributed by atoms with Gasteiger partial charge in [0.1, 0.15) is 0 Å². The summed E-state index contributed by atoms with van der Waals surface area (Å²) in [5.41, 5.74) is 0. The van der Waals surface area contributed by atoms with Crippen LogP contribution in [-0.2, 0) is 9.53 Å². The largest absolute Gasteiger partial charge is 0.373 e. The van der Waals surface area contributed by atoms with Crippen LogP contribution in [0.25, 0.3) is 0 Å². The highest BCUT2D eigenvalue weighted by atomic mass is 16.5. The Balaban J connectivity index is 1.77. The van der Waals surface area contributed by atoms with Crippen LogP contribution >= 0.6 is 0 Å². The van der Waals surface area contributed by atoms with E-state index >= 15 is 0 Å². The summed E-state index contributed by atoms with van der Waals surface area (Å²) in [6.45, 7) is 6.54. The third-order valence-corrected chi connectivity index (χ3v) is 5.43. The van der Waals surface area contributed by atoms with Crippen LogP contribution in [0.15, 0.2) is 0 Å². The fourth-order valence-electron chi connectivity index (χ4n) is 4.11. The first-order valence-corrected chi connectivity index (χ1v) is 8.39. The Morgan fingerprint density at radius 2 is 2.20 bits per heavy atom. The Morgan fingerprint density at radius 3 is 2.75 bits per heavy atom. The lowest BCUT2D eigenvalue weighted by atomic mass is 9.93. The maximum absolute atomic E-state index is 12.9. The summed E-state index contributed by atoms with van der Waals surface area (Å²) in [5, 5.41) is 3.60. The molecule has 2 bridgehead atoms. The molecule has 4 heteroatoms. The van der Waals surface area contributed by atoms with Gasteiger partial charge in [-0.1, -0.05) is 33.6 Å². The Labute approximate surface area is 122 Å². The molecule has 3 heterocycles. The number of nitrogens with zero attached hydrogens (tertiary/aromatic N) is 1. The summed E-state index contributed by atoms with van der Waals surface area (Å²) in [4.78, 5) is 15.0. The molecule has 6 atom stereocenters. The number of nitrogens with one attached hydrogen (secondary N) is 1. The summed E-state index contributed by atoms with van der Waals surface area (Å²) < 4.78 is 5.97. The van der Waals surface area contributed by atoms with Gasteiger partial charge in [-0.2, -0.15) is 0 Å². The van der Waals surface area contributed by atoms with Crippen LogP contribution in [0.3, 0.4) is 0 Å². The highest BCUT2D eigenvalue weighted by Gasteiger charge is 2.51. The molecule has 0 aromatic carbocycles. The maximum Gasteiger partial charge on any atom is 0.241 e. The predicted molar refractivity (Wildman–Crippen MR) is 78.2 cm³/mol. The van der Waals surface area contributed by atoms with Crippen molar-refractivity contribution in [3.8, 4) is 0 Å². The molecule has 6 unspecified atom stereocenters. The molecule has 20 heavy (non-hydrogen) atoms.